The van der Waals surface area contributed by atoms with Gasteiger partial charge in [0.15, 0.2) is 0 Å². The summed E-state index contributed by atoms with van der Waals surface area (Å²) < 4.78 is 31.0. The fraction of sp³-hybridized carbons (Fsp3) is 0.625. The van der Waals surface area contributed by atoms with E-state index in [1.165, 1.54) is 6.92 Å². The van der Waals surface area contributed by atoms with Gasteiger partial charge in [-0.2, -0.15) is 8.42 Å². The molecule has 0 aromatic rings. The van der Waals surface area contributed by atoms with Crippen LogP contribution in [0.15, 0.2) is 10.5 Å². The first-order valence-electron chi connectivity index (χ1n) is 3.96. The average Bonchev–Trinajstić information content (AvgIpc) is 1.79. The van der Waals surface area contributed by atoms with E-state index in [0.717, 1.165) is 0 Å². The molecule has 0 unspecified atom stereocenters. The van der Waals surface area contributed by atoms with Crippen molar-refractivity contribution >= 4 is 45.6 Å². The summed E-state index contributed by atoms with van der Waals surface area (Å²) in [5.74, 6) is -0.854. The predicted molar refractivity (Wildman–Crippen MR) is 60.0 cm³/mol. The summed E-state index contributed by atoms with van der Waals surface area (Å²) >= 11 is 0. The van der Waals surface area contributed by atoms with Crippen molar-refractivity contribution in [3.63, 3.8) is 0 Å². The van der Waals surface area contributed by atoms with Crippen molar-refractivity contribution < 1.29 is 17.8 Å². The summed E-state index contributed by atoms with van der Waals surface area (Å²) in [4.78, 5) is 10.5. The molecule has 0 saturated carbocycles. The molecule has 0 aromatic carbocycles. The van der Waals surface area contributed by atoms with Crippen LogP contribution >= 0.6 is 0 Å². The normalized spacial score (nSPS) is 13.9. The number of hydrogen-bond acceptors (Lipinski definition) is 3. The molecule has 3 N–H and O–H groups in total. The van der Waals surface area contributed by atoms with Crippen LogP contribution in [-0.4, -0.2) is 48.4 Å². The van der Waals surface area contributed by atoms with Crippen LogP contribution in [0.2, 0.25) is 0 Å². The van der Waals surface area contributed by atoms with E-state index in [4.69, 9.17) is 10.3 Å². The van der Waals surface area contributed by atoms with Gasteiger partial charge in [0.2, 0.25) is 5.91 Å². The third-order valence-electron chi connectivity index (χ3n) is 1.65. The van der Waals surface area contributed by atoms with Gasteiger partial charge in [-0.05, 0) is 6.92 Å². The van der Waals surface area contributed by atoms with Gasteiger partial charge in [0.25, 0.3) is 10.1 Å². The zero-order chi connectivity index (χ0) is 11.7. The molecular formula is C8H16NNaO4S. The number of hydrogen-bond donors (Lipinski definition) is 2. The zero-order valence-electron chi connectivity index (χ0n) is 8.66. The van der Waals surface area contributed by atoms with E-state index >= 15 is 0 Å². The van der Waals surface area contributed by atoms with Crippen molar-refractivity contribution in [1.29, 1.82) is 0 Å². The number of amides is 1. The van der Waals surface area contributed by atoms with Gasteiger partial charge in [0.05, 0.1) is 4.91 Å². The molecule has 0 aliphatic rings. The average molecular weight is 245 g/mol. The molecule has 0 aliphatic carbocycles. The number of allylic oxidation sites excluding steroid dienone is 1. The van der Waals surface area contributed by atoms with Crippen LogP contribution in [0, 0.1) is 5.41 Å². The molecule has 1 amide bonds. The molecular weight excluding hydrogens is 229 g/mol. The summed E-state index contributed by atoms with van der Waals surface area (Å²) in [6.07, 6.45) is 0. The summed E-state index contributed by atoms with van der Waals surface area (Å²) in [5, 5.41) is 0. The molecule has 15 heavy (non-hydrogen) atoms. The SMILES string of the molecule is CC(C(N)=O)=C(C(C)(C)C)S(=O)(=O)O.[NaH]. The van der Waals surface area contributed by atoms with Gasteiger partial charge < -0.3 is 5.73 Å². The van der Waals surface area contributed by atoms with E-state index in [9.17, 15) is 13.2 Å². The van der Waals surface area contributed by atoms with Gasteiger partial charge in [0.1, 0.15) is 0 Å². The van der Waals surface area contributed by atoms with Gasteiger partial charge in [0, 0.05) is 11.0 Å². The Balaban J connectivity index is 0. The number of nitrogens with two attached hydrogens (primary N) is 1. The van der Waals surface area contributed by atoms with Gasteiger partial charge in [-0.15, -0.1) is 0 Å². The second-order valence-electron chi connectivity index (χ2n) is 4.04. The standard InChI is InChI=1S/C8H15NO4S.Na.H/c1-5(7(9)10)6(8(2,3)4)14(11,12)13;;/h1-4H3,(H2,9,10)(H,11,12,13);;. The van der Waals surface area contributed by atoms with Crippen molar-refractivity contribution in [3.8, 4) is 0 Å². The van der Waals surface area contributed by atoms with Crippen LogP contribution in [-0.2, 0) is 14.9 Å². The quantitative estimate of drug-likeness (QED) is 0.407. The molecule has 0 bridgehead atoms. The van der Waals surface area contributed by atoms with E-state index in [2.05, 4.69) is 0 Å². The van der Waals surface area contributed by atoms with Crippen LogP contribution in [0.4, 0.5) is 0 Å². The number of carbonyl (C=O) groups is 1. The third kappa shape index (κ3) is 5.12. The Hall–Kier alpha value is 0.120. The van der Waals surface area contributed by atoms with Crippen LogP contribution in [0.25, 0.3) is 0 Å². The fourth-order valence-corrected chi connectivity index (χ4v) is 2.52. The first kappa shape index (κ1) is 17.5. The molecule has 0 saturated heterocycles. The van der Waals surface area contributed by atoms with Crippen LogP contribution in [0.5, 0.6) is 0 Å². The molecule has 0 radical (unpaired) electrons. The molecule has 0 spiro atoms. The molecule has 0 atom stereocenters. The Bertz CT molecular complexity index is 378. The van der Waals surface area contributed by atoms with Gasteiger partial charge in [-0.1, -0.05) is 20.8 Å². The molecule has 5 nitrogen and oxygen atoms in total. The van der Waals surface area contributed by atoms with E-state index < -0.39 is 21.4 Å². The predicted octanol–water partition coefficient (Wildman–Crippen LogP) is 0.0311. The molecule has 0 rings (SSSR count). The van der Waals surface area contributed by atoms with E-state index in [-0.39, 0.29) is 40.0 Å². The van der Waals surface area contributed by atoms with Gasteiger partial charge in [-0.25, -0.2) is 0 Å². The molecule has 84 valence electrons. The van der Waals surface area contributed by atoms with Crippen molar-refractivity contribution in [3.05, 3.63) is 10.5 Å². The Kier molecular flexibility index (Phi) is 6.36. The van der Waals surface area contributed by atoms with Gasteiger partial charge >= 0.3 is 29.6 Å². The Labute approximate surface area is 112 Å². The minimum atomic E-state index is -4.39. The van der Waals surface area contributed by atoms with E-state index in [1.54, 1.807) is 20.8 Å². The summed E-state index contributed by atoms with van der Waals surface area (Å²) in [5.41, 5.74) is 3.96. The zero-order valence-corrected chi connectivity index (χ0v) is 9.47. The second-order valence-corrected chi connectivity index (χ2v) is 5.40. The summed E-state index contributed by atoms with van der Waals surface area (Å²) in [6.45, 7) is 5.99. The first-order valence-corrected chi connectivity index (χ1v) is 5.40. The Morgan fingerprint density at radius 2 is 1.60 bits per heavy atom. The monoisotopic (exact) mass is 245 g/mol. The second kappa shape index (κ2) is 5.45. The van der Waals surface area contributed by atoms with Crippen molar-refractivity contribution in [2.24, 2.45) is 11.1 Å². The van der Waals surface area contributed by atoms with Crippen molar-refractivity contribution in [1.82, 2.24) is 0 Å². The summed E-state index contributed by atoms with van der Waals surface area (Å²) in [6, 6.07) is 0. The molecule has 0 heterocycles. The Morgan fingerprint density at radius 3 is 1.67 bits per heavy atom. The number of rotatable bonds is 2. The van der Waals surface area contributed by atoms with Crippen LogP contribution in [0.1, 0.15) is 27.7 Å². The minimum absolute atomic E-state index is 0. The van der Waals surface area contributed by atoms with Crippen LogP contribution in [0.3, 0.4) is 0 Å². The maximum absolute atomic E-state index is 11.0. The van der Waals surface area contributed by atoms with Crippen LogP contribution < -0.4 is 5.73 Å². The van der Waals surface area contributed by atoms with Gasteiger partial charge in [-0.3, -0.25) is 9.35 Å². The maximum atomic E-state index is 11.0. The number of carbonyl (C=O) groups excluding carboxylic acids is 1. The van der Waals surface area contributed by atoms with E-state index in [0.29, 0.717) is 0 Å². The Morgan fingerprint density at radius 1 is 1.27 bits per heavy atom. The van der Waals surface area contributed by atoms with Crippen molar-refractivity contribution in [2.45, 2.75) is 27.7 Å². The molecule has 7 heteroatoms. The molecule has 0 aromatic heterocycles. The first-order chi connectivity index (χ1) is 5.98. The molecule has 0 fully saturated rings. The topological polar surface area (TPSA) is 97.5 Å². The van der Waals surface area contributed by atoms with E-state index in [1.807, 2.05) is 0 Å². The third-order valence-corrected chi connectivity index (χ3v) is 3.08. The van der Waals surface area contributed by atoms with Crippen molar-refractivity contribution in [2.75, 3.05) is 0 Å². The fourth-order valence-electron chi connectivity index (χ4n) is 1.25. The molecule has 0 aliphatic heterocycles. The summed E-state index contributed by atoms with van der Waals surface area (Å²) in [7, 11) is -4.39. The number of primary amides is 1.